The van der Waals surface area contributed by atoms with E-state index in [1.54, 1.807) is 0 Å². The maximum Gasteiger partial charge on any atom is 0.109 e. The van der Waals surface area contributed by atoms with Crippen LogP contribution in [0.5, 0.6) is 0 Å². The van der Waals surface area contributed by atoms with Gasteiger partial charge in [0.2, 0.25) is 0 Å². The van der Waals surface area contributed by atoms with E-state index >= 15 is 0 Å². The molecule has 0 radical (unpaired) electrons. The van der Waals surface area contributed by atoms with Crippen LogP contribution in [-0.2, 0) is 0 Å². The van der Waals surface area contributed by atoms with E-state index in [0.717, 1.165) is 22.2 Å². The topological polar surface area (TPSA) is 28.7 Å². The smallest absolute Gasteiger partial charge is 0.109 e. The number of nitrogens with one attached hydrogen (secondary N) is 1. The molecule has 0 saturated carbocycles. The highest BCUT2D eigenvalue weighted by molar-refractivity contribution is 7.28. The van der Waals surface area contributed by atoms with Crippen molar-refractivity contribution in [2.75, 3.05) is 0 Å². The number of benzene rings is 1. The third kappa shape index (κ3) is 1.47. The van der Waals surface area contributed by atoms with Gasteiger partial charge in [-0.05, 0) is 11.4 Å². The Kier molecular flexibility index (Phi) is 2.09. The zero-order valence-corrected chi connectivity index (χ0v) is 8.99. The Morgan fingerprint density at radius 3 is 2.77 bits per heavy atom. The summed E-state index contributed by atoms with van der Waals surface area (Å²) in [7, 11) is 2.71. The average Bonchev–Trinajstić information content (AvgIpc) is 2.49. The first-order valence-electron chi connectivity index (χ1n) is 4.42. The minimum atomic E-state index is 0.455. The number of rotatable bonds is 1. The average molecular weight is 192 g/mol. The summed E-state index contributed by atoms with van der Waals surface area (Å²) < 4.78 is 0. The third-order valence-corrected chi connectivity index (χ3v) is 2.57. The highest BCUT2D eigenvalue weighted by Crippen LogP contribution is 2.16. The van der Waals surface area contributed by atoms with Crippen molar-refractivity contribution in [1.82, 2.24) is 9.97 Å². The Morgan fingerprint density at radius 1 is 1.38 bits per heavy atom. The van der Waals surface area contributed by atoms with Crippen molar-refractivity contribution in [3.05, 3.63) is 24.0 Å². The van der Waals surface area contributed by atoms with Gasteiger partial charge in [-0.2, -0.15) is 0 Å². The van der Waals surface area contributed by atoms with E-state index in [4.69, 9.17) is 0 Å². The van der Waals surface area contributed by atoms with Crippen LogP contribution in [0.1, 0.15) is 25.6 Å². The zero-order chi connectivity index (χ0) is 9.42. The molecule has 1 heterocycles. The van der Waals surface area contributed by atoms with Crippen molar-refractivity contribution >= 4 is 25.6 Å². The summed E-state index contributed by atoms with van der Waals surface area (Å²) in [4.78, 5) is 7.85. The molecule has 0 aliphatic carbocycles. The molecule has 13 heavy (non-hydrogen) atoms. The molecule has 0 aliphatic heterocycles. The summed E-state index contributed by atoms with van der Waals surface area (Å²) in [6, 6.07) is 6.15. The van der Waals surface area contributed by atoms with Gasteiger partial charge in [-0.25, -0.2) is 4.98 Å². The molecule has 1 unspecified atom stereocenters. The van der Waals surface area contributed by atoms with E-state index in [1.165, 1.54) is 0 Å². The van der Waals surface area contributed by atoms with Crippen molar-refractivity contribution in [2.24, 2.45) is 0 Å². The van der Waals surface area contributed by atoms with Gasteiger partial charge < -0.3 is 4.98 Å². The molecule has 1 aromatic carbocycles. The maximum absolute atomic E-state index is 4.54. The quantitative estimate of drug-likeness (QED) is 0.689. The molecule has 1 aromatic heterocycles. The van der Waals surface area contributed by atoms with Crippen LogP contribution in [0.4, 0.5) is 0 Å². The molecule has 68 valence electrons. The highest BCUT2D eigenvalue weighted by Gasteiger charge is 2.06. The number of nitrogens with zero attached hydrogens (tertiary/aromatic N) is 1. The summed E-state index contributed by atoms with van der Waals surface area (Å²) >= 11 is 0. The van der Waals surface area contributed by atoms with Crippen LogP contribution in [0.2, 0.25) is 0 Å². The number of fused-ring (bicyclic) bond motifs is 1. The van der Waals surface area contributed by atoms with E-state index in [-0.39, 0.29) is 0 Å². The Labute approximate surface area is 80.0 Å². The fourth-order valence-corrected chi connectivity index (χ4v) is 1.68. The van der Waals surface area contributed by atoms with Crippen LogP contribution in [0.3, 0.4) is 0 Å². The van der Waals surface area contributed by atoms with Gasteiger partial charge >= 0.3 is 0 Å². The van der Waals surface area contributed by atoms with Crippen molar-refractivity contribution in [3.8, 4) is 0 Å². The molecule has 1 atom stereocenters. The molecular weight excluding hydrogens is 179 g/mol. The number of aromatic nitrogens is 2. The van der Waals surface area contributed by atoms with E-state index in [0.29, 0.717) is 5.92 Å². The van der Waals surface area contributed by atoms with Gasteiger partial charge in [0, 0.05) is 5.92 Å². The van der Waals surface area contributed by atoms with Crippen molar-refractivity contribution in [2.45, 2.75) is 19.8 Å². The Hall–Kier alpha value is -0.880. The SMILES string of the molecule is CC(C)c1nc2c(P)cccc2[nH]1. The predicted octanol–water partition coefficient (Wildman–Crippen LogP) is 2.19. The molecule has 0 spiro atoms. The second kappa shape index (κ2) is 3.12. The lowest BCUT2D eigenvalue weighted by molar-refractivity contribution is 0.799. The number of aromatic amines is 1. The predicted molar refractivity (Wildman–Crippen MR) is 59.5 cm³/mol. The number of imidazole rings is 1. The number of hydrogen-bond donors (Lipinski definition) is 1. The van der Waals surface area contributed by atoms with Crippen LogP contribution < -0.4 is 5.30 Å². The first-order valence-corrected chi connectivity index (χ1v) is 5.00. The van der Waals surface area contributed by atoms with Gasteiger partial charge in [-0.15, -0.1) is 9.24 Å². The minimum Gasteiger partial charge on any atom is -0.342 e. The molecule has 0 amide bonds. The van der Waals surface area contributed by atoms with Gasteiger partial charge in [0.15, 0.2) is 0 Å². The first kappa shape index (κ1) is 8.71. The summed E-state index contributed by atoms with van der Waals surface area (Å²) in [6.07, 6.45) is 0. The van der Waals surface area contributed by atoms with Crippen LogP contribution in [0.15, 0.2) is 18.2 Å². The van der Waals surface area contributed by atoms with Crippen LogP contribution in [0.25, 0.3) is 11.0 Å². The van der Waals surface area contributed by atoms with Crippen LogP contribution in [-0.4, -0.2) is 9.97 Å². The van der Waals surface area contributed by atoms with Gasteiger partial charge in [0.25, 0.3) is 0 Å². The first-order chi connectivity index (χ1) is 6.18. The molecule has 1 N–H and O–H groups in total. The lowest BCUT2D eigenvalue weighted by atomic mass is 10.2. The van der Waals surface area contributed by atoms with Gasteiger partial charge in [-0.1, -0.05) is 26.0 Å². The summed E-state index contributed by atoms with van der Waals surface area (Å²) in [6.45, 7) is 4.28. The van der Waals surface area contributed by atoms with Gasteiger partial charge in [0.1, 0.15) is 5.82 Å². The minimum absolute atomic E-state index is 0.455. The zero-order valence-electron chi connectivity index (χ0n) is 7.83. The highest BCUT2D eigenvalue weighted by atomic mass is 31.0. The van der Waals surface area contributed by atoms with Gasteiger partial charge in [0.05, 0.1) is 11.0 Å². The fourth-order valence-electron chi connectivity index (χ4n) is 1.35. The van der Waals surface area contributed by atoms with Crippen molar-refractivity contribution < 1.29 is 0 Å². The molecule has 2 rings (SSSR count). The molecule has 0 bridgehead atoms. The van der Waals surface area contributed by atoms with E-state index in [2.05, 4.69) is 45.2 Å². The number of H-pyrrole nitrogens is 1. The third-order valence-electron chi connectivity index (χ3n) is 2.11. The summed E-state index contributed by atoms with van der Waals surface area (Å²) in [5.74, 6) is 1.52. The van der Waals surface area contributed by atoms with E-state index < -0.39 is 0 Å². The lowest BCUT2D eigenvalue weighted by Gasteiger charge is -1.95. The number of para-hydroxylation sites is 1. The second-order valence-electron chi connectivity index (χ2n) is 3.52. The lowest BCUT2D eigenvalue weighted by Crippen LogP contribution is -1.92. The van der Waals surface area contributed by atoms with Crippen molar-refractivity contribution in [1.29, 1.82) is 0 Å². The standard InChI is InChI=1S/C10H13N2P/c1-6(2)10-11-7-4-3-5-8(13)9(7)12-10/h3-6H,13H2,1-2H3,(H,11,12). The molecule has 2 aromatic rings. The van der Waals surface area contributed by atoms with Crippen LogP contribution >= 0.6 is 9.24 Å². The Balaban J connectivity index is 2.68. The molecule has 0 aliphatic rings. The molecule has 2 nitrogen and oxygen atoms in total. The van der Waals surface area contributed by atoms with E-state index in [1.807, 2.05) is 6.07 Å². The number of hydrogen-bond acceptors (Lipinski definition) is 1. The fraction of sp³-hybridized carbons (Fsp3) is 0.300. The molecule has 0 saturated heterocycles. The van der Waals surface area contributed by atoms with Gasteiger partial charge in [-0.3, -0.25) is 0 Å². The maximum atomic E-state index is 4.54. The van der Waals surface area contributed by atoms with Crippen molar-refractivity contribution in [3.63, 3.8) is 0 Å². The Morgan fingerprint density at radius 2 is 2.15 bits per heavy atom. The molecular formula is C10H13N2P. The summed E-state index contributed by atoms with van der Waals surface area (Å²) in [5.41, 5.74) is 2.19. The summed E-state index contributed by atoms with van der Waals surface area (Å²) in [5, 5.41) is 1.15. The van der Waals surface area contributed by atoms with E-state index in [9.17, 15) is 0 Å². The van der Waals surface area contributed by atoms with Crippen LogP contribution in [0, 0.1) is 0 Å². The Bertz CT molecular complexity index is 431. The normalized spacial score (nSPS) is 11.4. The monoisotopic (exact) mass is 192 g/mol. The second-order valence-corrected chi connectivity index (χ2v) is 4.14. The molecule has 0 fully saturated rings. The largest absolute Gasteiger partial charge is 0.342 e. The molecule has 3 heteroatoms.